The van der Waals surface area contributed by atoms with Gasteiger partial charge in [-0.1, -0.05) is 15.9 Å². The predicted octanol–water partition coefficient (Wildman–Crippen LogP) is 4.25. The number of rotatable bonds is 7. The third-order valence-electron chi connectivity index (χ3n) is 4.63. The monoisotopic (exact) mass is 472 g/mol. The highest BCUT2D eigenvalue weighted by Gasteiger charge is 2.21. The van der Waals surface area contributed by atoms with Gasteiger partial charge in [-0.15, -0.1) is 0 Å². The number of nitrogens with one attached hydrogen (secondary N) is 2. The summed E-state index contributed by atoms with van der Waals surface area (Å²) in [5.74, 6) is 0.865. The van der Waals surface area contributed by atoms with E-state index >= 15 is 0 Å². The number of aryl methyl sites for hydroxylation is 1. The van der Waals surface area contributed by atoms with Gasteiger partial charge in [0.2, 0.25) is 11.8 Å². The minimum Gasteiger partial charge on any atom is -0.493 e. The van der Waals surface area contributed by atoms with Crippen molar-refractivity contribution in [2.24, 2.45) is 0 Å². The largest absolute Gasteiger partial charge is 0.493 e. The third-order valence-corrected chi connectivity index (χ3v) is 5.12. The van der Waals surface area contributed by atoms with Crippen LogP contribution in [0.3, 0.4) is 0 Å². The molecule has 0 bridgehead atoms. The van der Waals surface area contributed by atoms with Crippen molar-refractivity contribution in [1.29, 1.82) is 0 Å². The second-order valence-corrected chi connectivity index (χ2v) is 8.04. The van der Waals surface area contributed by atoms with Crippen LogP contribution in [0.2, 0.25) is 0 Å². The van der Waals surface area contributed by atoms with E-state index in [1.165, 1.54) is 6.08 Å². The van der Waals surface area contributed by atoms with Gasteiger partial charge < -0.3 is 20.1 Å². The van der Waals surface area contributed by atoms with E-state index in [-0.39, 0.29) is 24.5 Å². The van der Waals surface area contributed by atoms with Gasteiger partial charge in [-0.25, -0.2) is 0 Å². The van der Waals surface area contributed by atoms with E-state index < -0.39 is 0 Å². The normalized spacial score (nSPS) is 14.9. The second kappa shape index (κ2) is 9.80. The SMILES string of the molecule is CCOc1cc2c(cc1C=CC(=O)NCC(=O)Nc1ccc(Br)cc1C)OC(C)C2. The fourth-order valence-corrected chi connectivity index (χ4v) is 3.69. The van der Waals surface area contributed by atoms with Crippen molar-refractivity contribution in [3.05, 3.63) is 57.6 Å². The molecule has 1 aliphatic heterocycles. The van der Waals surface area contributed by atoms with E-state index in [1.54, 1.807) is 6.08 Å². The highest BCUT2D eigenvalue weighted by atomic mass is 79.9. The summed E-state index contributed by atoms with van der Waals surface area (Å²) >= 11 is 3.39. The van der Waals surface area contributed by atoms with Crippen LogP contribution in [0.15, 0.2) is 40.9 Å². The number of fused-ring (bicyclic) bond motifs is 1. The molecule has 6 nitrogen and oxygen atoms in total. The fraction of sp³-hybridized carbons (Fsp3) is 0.304. The lowest BCUT2D eigenvalue weighted by Gasteiger charge is -2.10. The van der Waals surface area contributed by atoms with Gasteiger partial charge in [-0.05, 0) is 62.7 Å². The van der Waals surface area contributed by atoms with Crippen LogP contribution in [0.5, 0.6) is 11.5 Å². The number of benzene rings is 2. The summed E-state index contributed by atoms with van der Waals surface area (Å²) in [6, 6.07) is 9.42. The number of ether oxygens (including phenoxy) is 2. The molecule has 0 spiro atoms. The van der Waals surface area contributed by atoms with Gasteiger partial charge in [0.05, 0.1) is 13.2 Å². The van der Waals surface area contributed by atoms with Crippen molar-refractivity contribution in [2.45, 2.75) is 33.3 Å². The molecule has 3 rings (SSSR count). The highest BCUT2D eigenvalue weighted by molar-refractivity contribution is 9.10. The average Bonchev–Trinajstić information content (AvgIpc) is 3.05. The first-order valence-electron chi connectivity index (χ1n) is 9.84. The zero-order valence-corrected chi connectivity index (χ0v) is 18.8. The average molecular weight is 473 g/mol. The first-order chi connectivity index (χ1) is 14.4. The Bertz CT molecular complexity index is 987. The lowest BCUT2D eigenvalue weighted by atomic mass is 10.1. The summed E-state index contributed by atoms with van der Waals surface area (Å²) in [5.41, 5.74) is 3.50. The van der Waals surface area contributed by atoms with Crippen molar-refractivity contribution in [1.82, 2.24) is 5.32 Å². The Morgan fingerprint density at radius 2 is 2.10 bits per heavy atom. The van der Waals surface area contributed by atoms with Gasteiger partial charge >= 0.3 is 0 Å². The maximum absolute atomic E-state index is 12.2. The summed E-state index contributed by atoms with van der Waals surface area (Å²) in [5, 5.41) is 5.39. The standard InChI is InChI=1S/C23H25BrN2O4/c1-4-29-20-12-17-10-15(3)30-21(17)11-16(20)5-8-22(27)25-13-23(28)26-19-7-6-18(24)9-14(19)2/h5-9,11-12,15H,4,10,13H2,1-3H3,(H,25,27)(H,26,28). The quantitative estimate of drug-likeness (QED) is 0.590. The van der Waals surface area contributed by atoms with Crippen molar-refractivity contribution >= 4 is 39.5 Å². The second-order valence-electron chi connectivity index (χ2n) is 7.12. The molecule has 1 unspecified atom stereocenters. The maximum Gasteiger partial charge on any atom is 0.244 e. The van der Waals surface area contributed by atoms with Crippen molar-refractivity contribution in [3.8, 4) is 11.5 Å². The zero-order chi connectivity index (χ0) is 21.7. The number of hydrogen-bond donors (Lipinski definition) is 2. The van der Waals surface area contributed by atoms with Crippen molar-refractivity contribution < 1.29 is 19.1 Å². The van der Waals surface area contributed by atoms with Crippen molar-refractivity contribution in [2.75, 3.05) is 18.5 Å². The topological polar surface area (TPSA) is 76.7 Å². The number of amides is 2. The van der Waals surface area contributed by atoms with Crippen LogP contribution >= 0.6 is 15.9 Å². The molecule has 1 atom stereocenters. The van der Waals surface area contributed by atoms with E-state index in [4.69, 9.17) is 9.47 Å². The van der Waals surface area contributed by atoms with Crippen LogP contribution in [0.25, 0.3) is 6.08 Å². The zero-order valence-electron chi connectivity index (χ0n) is 17.3. The molecule has 1 heterocycles. The molecule has 0 radical (unpaired) electrons. The fourth-order valence-electron chi connectivity index (χ4n) is 3.22. The molecule has 0 aromatic heterocycles. The Morgan fingerprint density at radius 3 is 2.83 bits per heavy atom. The van der Waals surface area contributed by atoms with Crippen molar-refractivity contribution in [3.63, 3.8) is 0 Å². The van der Waals surface area contributed by atoms with Crippen LogP contribution in [-0.2, 0) is 16.0 Å². The number of halogens is 1. The van der Waals surface area contributed by atoms with Gasteiger partial charge in [0, 0.05) is 33.8 Å². The number of carbonyl (C=O) groups is 2. The first-order valence-corrected chi connectivity index (χ1v) is 10.6. The van der Waals surface area contributed by atoms with Gasteiger partial charge in [0.25, 0.3) is 0 Å². The minimum atomic E-state index is -0.366. The Labute approximate surface area is 184 Å². The smallest absolute Gasteiger partial charge is 0.244 e. The van der Waals surface area contributed by atoms with Gasteiger partial charge in [-0.2, -0.15) is 0 Å². The van der Waals surface area contributed by atoms with Crippen LogP contribution in [0.4, 0.5) is 5.69 Å². The molecule has 2 N–H and O–H groups in total. The van der Waals surface area contributed by atoms with Crippen LogP contribution < -0.4 is 20.1 Å². The lowest BCUT2D eigenvalue weighted by molar-refractivity contribution is -0.121. The minimum absolute atomic E-state index is 0.123. The first kappa shape index (κ1) is 21.9. The molecular formula is C23H25BrN2O4. The van der Waals surface area contributed by atoms with E-state index in [0.29, 0.717) is 18.0 Å². The van der Waals surface area contributed by atoms with E-state index in [0.717, 1.165) is 33.3 Å². The number of hydrogen-bond acceptors (Lipinski definition) is 4. The Kier molecular flexibility index (Phi) is 7.15. The molecule has 30 heavy (non-hydrogen) atoms. The lowest BCUT2D eigenvalue weighted by Crippen LogP contribution is -2.31. The van der Waals surface area contributed by atoms with E-state index in [2.05, 4.69) is 26.6 Å². The van der Waals surface area contributed by atoms with E-state index in [1.807, 2.05) is 51.1 Å². The molecule has 2 aromatic rings. The predicted molar refractivity (Wildman–Crippen MR) is 121 cm³/mol. The summed E-state index contributed by atoms with van der Waals surface area (Å²) in [4.78, 5) is 24.3. The summed E-state index contributed by atoms with van der Waals surface area (Å²) in [6.07, 6.45) is 4.03. The highest BCUT2D eigenvalue weighted by Crippen LogP contribution is 2.35. The third kappa shape index (κ3) is 5.63. The Balaban J connectivity index is 1.59. The van der Waals surface area contributed by atoms with Gasteiger partial charge in [0.15, 0.2) is 0 Å². The van der Waals surface area contributed by atoms with E-state index in [9.17, 15) is 9.59 Å². The molecule has 0 aliphatic carbocycles. The van der Waals surface area contributed by atoms with Crippen LogP contribution in [-0.4, -0.2) is 31.1 Å². The Hall–Kier alpha value is -2.80. The maximum atomic E-state index is 12.2. The molecule has 0 saturated heterocycles. The molecule has 0 fully saturated rings. The summed E-state index contributed by atoms with van der Waals surface area (Å²) < 4.78 is 12.4. The van der Waals surface area contributed by atoms with Crippen LogP contribution in [0, 0.1) is 6.92 Å². The number of carbonyl (C=O) groups excluding carboxylic acids is 2. The summed E-state index contributed by atoms with van der Waals surface area (Å²) in [7, 11) is 0. The molecule has 2 amide bonds. The Morgan fingerprint density at radius 1 is 1.30 bits per heavy atom. The summed E-state index contributed by atoms with van der Waals surface area (Å²) in [6.45, 7) is 6.24. The molecule has 158 valence electrons. The molecule has 7 heteroatoms. The van der Waals surface area contributed by atoms with Gasteiger partial charge in [-0.3, -0.25) is 9.59 Å². The van der Waals surface area contributed by atoms with Crippen LogP contribution in [0.1, 0.15) is 30.5 Å². The molecule has 0 saturated carbocycles. The number of anilines is 1. The molecule has 2 aromatic carbocycles. The molecular weight excluding hydrogens is 448 g/mol. The molecule has 1 aliphatic rings. The van der Waals surface area contributed by atoms with Gasteiger partial charge in [0.1, 0.15) is 17.6 Å².